The van der Waals surface area contributed by atoms with Crippen molar-refractivity contribution in [3.8, 4) is 0 Å². The van der Waals surface area contributed by atoms with Crippen molar-refractivity contribution in [1.82, 2.24) is 9.47 Å². The Kier molecular flexibility index (Phi) is 7.49. The molecule has 0 fully saturated rings. The zero-order valence-corrected chi connectivity index (χ0v) is 17.9. The molecule has 0 saturated heterocycles. The largest absolute Gasteiger partial charge is 0.345 e. The van der Waals surface area contributed by atoms with Gasteiger partial charge in [-0.15, -0.1) is 0 Å². The molecule has 0 aliphatic carbocycles. The number of rotatable bonds is 9. The Balaban J connectivity index is 1.77. The van der Waals surface area contributed by atoms with Crippen LogP contribution in [-0.2, 0) is 13.1 Å². The summed E-state index contributed by atoms with van der Waals surface area (Å²) in [4.78, 5) is 15.1. The third kappa shape index (κ3) is 5.59. The van der Waals surface area contributed by atoms with Crippen molar-refractivity contribution in [2.45, 2.75) is 39.3 Å². The third-order valence-electron chi connectivity index (χ3n) is 4.88. The first-order chi connectivity index (χ1) is 13.7. The first kappa shape index (κ1) is 20.4. The van der Waals surface area contributed by atoms with E-state index in [1.54, 1.807) is 0 Å². The Morgan fingerprint density at radius 1 is 0.964 bits per heavy atom. The molecule has 1 heterocycles. The standard InChI is InChI=1S/C24H27BrN2O/c1-2-3-7-16-27(24(28)21-12-14-22(25)15-13-21)19-23-11-8-17-26(23)18-20-9-5-4-6-10-20/h4-6,8-15,17H,2-3,7,16,18-19H2,1H3. The number of carbonyl (C=O) groups excluding carboxylic acids is 1. The number of halogens is 1. The quantitative estimate of drug-likeness (QED) is 0.368. The molecule has 3 aromatic rings. The molecule has 2 aromatic carbocycles. The van der Waals surface area contributed by atoms with Gasteiger partial charge in [0, 0.05) is 35.0 Å². The van der Waals surface area contributed by atoms with Crippen molar-refractivity contribution in [2.24, 2.45) is 0 Å². The van der Waals surface area contributed by atoms with Crippen molar-refractivity contribution < 1.29 is 4.79 Å². The molecule has 1 amide bonds. The minimum Gasteiger partial charge on any atom is -0.345 e. The molecule has 0 aliphatic rings. The average Bonchev–Trinajstić information content (AvgIpc) is 3.15. The molecule has 3 rings (SSSR count). The number of amides is 1. The van der Waals surface area contributed by atoms with Gasteiger partial charge >= 0.3 is 0 Å². The van der Waals surface area contributed by atoms with Crippen molar-refractivity contribution in [3.63, 3.8) is 0 Å². The molecule has 0 atom stereocenters. The van der Waals surface area contributed by atoms with Gasteiger partial charge in [-0.1, -0.05) is 66.0 Å². The Morgan fingerprint density at radius 3 is 2.43 bits per heavy atom. The van der Waals surface area contributed by atoms with Crippen LogP contribution in [0.15, 0.2) is 77.4 Å². The zero-order chi connectivity index (χ0) is 19.8. The lowest BCUT2D eigenvalue weighted by molar-refractivity contribution is 0.0736. The second kappa shape index (κ2) is 10.3. The lowest BCUT2D eigenvalue weighted by atomic mass is 10.1. The summed E-state index contributed by atoms with van der Waals surface area (Å²) in [6, 6.07) is 22.2. The van der Waals surface area contributed by atoms with E-state index < -0.39 is 0 Å². The van der Waals surface area contributed by atoms with Crippen LogP contribution in [0.2, 0.25) is 0 Å². The van der Waals surface area contributed by atoms with Crippen LogP contribution in [0.3, 0.4) is 0 Å². The number of carbonyl (C=O) groups is 1. The molecule has 0 unspecified atom stereocenters. The predicted molar refractivity (Wildman–Crippen MR) is 118 cm³/mol. The highest BCUT2D eigenvalue weighted by Crippen LogP contribution is 2.16. The number of unbranched alkanes of at least 4 members (excludes halogenated alkanes) is 2. The van der Waals surface area contributed by atoms with E-state index in [2.05, 4.69) is 70.0 Å². The van der Waals surface area contributed by atoms with E-state index in [0.29, 0.717) is 6.54 Å². The maximum Gasteiger partial charge on any atom is 0.254 e. The molecule has 28 heavy (non-hydrogen) atoms. The van der Waals surface area contributed by atoms with Crippen LogP contribution in [0.5, 0.6) is 0 Å². The fourth-order valence-corrected chi connectivity index (χ4v) is 3.57. The molecule has 0 spiro atoms. The molecule has 0 bridgehead atoms. The van der Waals surface area contributed by atoms with Gasteiger partial charge in [0.2, 0.25) is 0 Å². The number of nitrogens with zero attached hydrogens (tertiary/aromatic N) is 2. The van der Waals surface area contributed by atoms with Gasteiger partial charge in [-0.3, -0.25) is 4.79 Å². The summed E-state index contributed by atoms with van der Waals surface area (Å²) in [7, 11) is 0. The van der Waals surface area contributed by atoms with Crippen molar-refractivity contribution >= 4 is 21.8 Å². The van der Waals surface area contributed by atoms with Gasteiger partial charge in [-0.25, -0.2) is 0 Å². The molecule has 1 aromatic heterocycles. The van der Waals surface area contributed by atoms with E-state index in [-0.39, 0.29) is 5.91 Å². The molecule has 0 radical (unpaired) electrons. The first-order valence-electron chi connectivity index (χ1n) is 9.90. The van der Waals surface area contributed by atoms with E-state index >= 15 is 0 Å². The Hall–Kier alpha value is -2.33. The molecule has 0 saturated carbocycles. The fraction of sp³-hybridized carbons (Fsp3) is 0.292. The van der Waals surface area contributed by atoms with Crippen molar-refractivity contribution in [3.05, 3.63) is 94.2 Å². The van der Waals surface area contributed by atoms with Gasteiger partial charge in [0.25, 0.3) is 5.91 Å². The molecule has 0 N–H and O–H groups in total. The minimum atomic E-state index is 0.0936. The SMILES string of the molecule is CCCCCN(Cc1cccn1Cc1ccccc1)C(=O)c1ccc(Br)cc1. The number of hydrogen-bond acceptors (Lipinski definition) is 1. The fourth-order valence-electron chi connectivity index (χ4n) is 3.30. The lowest BCUT2D eigenvalue weighted by Gasteiger charge is -2.24. The van der Waals surface area contributed by atoms with Gasteiger partial charge in [0.15, 0.2) is 0 Å². The van der Waals surface area contributed by atoms with Crippen LogP contribution < -0.4 is 0 Å². The van der Waals surface area contributed by atoms with Crippen LogP contribution in [-0.4, -0.2) is 21.9 Å². The number of benzene rings is 2. The van der Waals surface area contributed by atoms with Crippen molar-refractivity contribution in [2.75, 3.05) is 6.54 Å². The van der Waals surface area contributed by atoms with Gasteiger partial charge < -0.3 is 9.47 Å². The molecule has 4 heteroatoms. The monoisotopic (exact) mass is 438 g/mol. The summed E-state index contributed by atoms with van der Waals surface area (Å²) in [5.41, 5.74) is 3.16. The summed E-state index contributed by atoms with van der Waals surface area (Å²) in [5, 5.41) is 0. The van der Waals surface area contributed by atoms with E-state index in [1.165, 1.54) is 5.56 Å². The first-order valence-corrected chi connectivity index (χ1v) is 10.7. The molecule has 3 nitrogen and oxygen atoms in total. The molecular formula is C24H27BrN2O. The summed E-state index contributed by atoms with van der Waals surface area (Å²) in [6.45, 7) is 4.40. The smallest absolute Gasteiger partial charge is 0.254 e. The maximum absolute atomic E-state index is 13.1. The van der Waals surface area contributed by atoms with Crippen LogP contribution in [0.4, 0.5) is 0 Å². The Bertz CT molecular complexity index is 871. The summed E-state index contributed by atoms with van der Waals surface area (Å²) < 4.78 is 3.22. The highest BCUT2D eigenvalue weighted by atomic mass is 79.9. The lowest BCUT2D eigenvalue weighted by Crippen LogP contribution is -2.32. The third-order valence-corrected chi connectivity index (χ3v) is 5.41. The summed E-state index contributed by atoms with van der Waals surface area (Å²) in [6.07, 6.45) is 5.40. The maximum atomic E-state index is 13.1. The van der Waals surface area contributed by atoms with E-state index in [1.807, 2.05) is 35.2 Å². The van der Waals surface area contributed by atoms with Gasteiger partial charge in [0.1, 0.15) is 0 Å². The van der Waals surface area contributed by atoms with E-state index in [4.69, 9.17) is 0 Å². The summed E-state index contributed by atoms with van der Waals surface area (Å²) in [5.74, 6) is 0.0936. The van der Waals surface area contributed by atoms with Gasteiger partial charge in [0.05, 0.1) is 6.54 Å². The van der Waals surface area contributed by atoms with Crippen LogP contribution >= 0.6 is 15.9 Å². The van der Waals surface area contributed by atoms with E-state index in [0.717, 1.165) is 48.1 Å². The highest BCUT2D eigenvalue weighted by molar-refractivity contribution is 9.10. The Labute approximate surface area is 176 Å². The zero-order valence-electron chi connectivity index (χ0n) is 16.4. The normalized spacial score (nSPS) is 10.8. The van der Waals surface area contributed by atoms with Crippen molar-refractivity contribution in [1.29, 1.82) is 0 Å². The molecular weight excluding hydrogens is 412 g/mol. The number of aromatic nitrogens is 1. The Morgan fingerprint density at radius 2 is 1.71 bits per heavy atom. The van der Waals surface area contributed by atoms with Crippen LogP contribution in [0.25, 0.3) is 0 Å². The van der Waals surface area contributed by atoms with Crippen LogP contribution in [0, 0.1) is 0 Å². The van der Waals surface area contributed by atoms with E-state index in [9.17, 15) is 4.79 Å². The minimum absolute atomic E-state index is 0.0936. The second-order valence-corrected chi connectivity index (χ2v) is 7.97. The predicted octanol–water partition coefficient (Wildman–Crippen LogP) is 6.13. The topological polar surface area (TPSA) is 25.2 Å². The van der Waals surface area contributed by atoms with Gasteiger partial charge in [-0.05, 0) is 48.4 Å². The summed E-state index contributed by atoms with van der Waals surface area (Å²) >= 11 is 3.44. The molecule has 146 valence electrons. The number of hydrogen-bond donors (Lipinski definition) is 0. The highest BCUT2D eigenvalue weighted by Gasteiger charge is 2.17. The van der Waals surface area contributed by atoms with Crippen LogP contribution in [0.1, 0.15) is 47.8 Å². The average molecular weight is 439 g/mol. The molecule has 0 aliphatic heterocycles. The second-order valence-electron chi connectivity index (χ2n) is 7.05. The van der Waals surface area contributed by atoms with Gasteiger partial charge in [-0.2, -0.15) is 0 Å².